The first kappa shape index (κ1) is 14.9. The summed E-state index contributed by atoms with van der Waals surface area (Å²) in [4.78, 5) is 6.96. The molecule has 0 unspecified atom stereocenters. The lowest BCUT2D eigenvalue weighted by atomic mass is 10.2. The van der Waals surface area contributed by atoms with Gasteiger partial charge in [0.1, 0.15) is 0 Å². The third kappa shape index (κ3) is 7.23. The first-order valence-electron chi connectivity index (χ1n) is 5.40. The number of pyridine rings is 1. The van der Waals surface area contributed by atoms with Crippen LogP contribution >= 0.6 is 17.0 Å². The van der Waals surface area contributed by atoms with E-state index >= 15 is 0 Å². The van der Waals surface area contributed by atoms with Gasteiger partial charge in [0.2, 0.25) is 0 Å². The SMILES string of the molecule is Br.CCCCc1ccc[nH]1.c1ccncc1. The van der Waals surface area contributed by atoms with Crippen LogP contribution in [0.1, 0.15) is 25.5 Å². The van der Waals surface area contributed by atoms with Crippen molar-refractivity contribution in [3.05, 3.63) is 54.6 Å². The summed E-state index contributed by atoms with van der Waals surface area (Å²) in [5.74, 6) is 0. The Bertz CT molecular complexity index is 292. The Morgan fingerprint density at radius 2 is 1.88 bits per heavy atom. The Labute approximate surface area is 108 Å². The number of nitrogens with one attached hydrogen (secondary N) is 1. The molecule has 2 aromatic rings. The second-order valence-electron chi connectivity index (χ2n) is 3.32. The van der Waals surface area contributed by atoms with Crippen molar-refractivity contribution in [2.45, 2.75) is 26.2 Å². The first-order valence-corrected chi connectivity index (χ1v) is 5.40. The van der Waals surface area contributed by atoms with Gasteiger partial charge in [0, 0.05) is 24.3 Å². The number of unbranched alkanes of at least 4 members (excludes halogenated alkanes) is 1. The Morgan fingerprint density at radius 1 is 1.12 bits per heavy atom. The predicted molar refractivity (Wildman–Crippen MR) is 74.0 cm³/mol. The van der Waals surface area contributed by atoms with Gasteiger partial charge in [-0.2, -0.15) is 0 Å². The molecule has 88 valence electrons. The monoisotopic (exact) mass is 282 g/mol. The second kappa shape index (κ2) is 10.4. The van der Waals surface area contributed by atoms with Crippen LogP contribution in [0.2, 0.25) is 0 Å². The minimum absolute atomic E-state index is 0. The number of rotatable bonds is 3. The Kier molecular flexibility index (Phi) is 9.72. The van der Waals surface area contributed by atoms with E-state index in [0.717, 1.165) is 0 Å². The highest BCUT2D eigenvalue weighted by Crippen LogP contribution is 2.00. The van der Waals surface area contributed by atoms with Gasteiger partial charge in [-0.25, -0.2) is 0 Å². The van der Waals surface area contributed by atoms with Crippen molar-refractivity contribution in [3.63, 3.8) is 0 Å². The van der Waals surface area contributed by atoms with Crippen LogP contribution in [0.25, 0.3) is 0 Å². The molecule has 0 saturated heterocycles. The molecular weight excluding hydrogens is 264 g/mol. The number of H-pyrrole nitrogens is 1. The minimum atomic E-state index is 0. The number of nitrogens with zero attached hydrogens (tertiary/aromatic N) is 1. The van der Waals surface area contributed by atoms with Crippen LogP contribution < -0.4 is 0 Å². The molecule has 0 radical (unpaired) electrons. The van der Waals surface area contributed by atoms with Crippen molar-refractivity contribution in [2.75, 3.05) is 0 Å². The van der Waals surface area contributed by atoms with Crippen molar-refractivity contribution < 1.29 is 0 Å². The lowest BCUT2D eigenvalue weighted by Crippen LogP contribution is -1.81. The summed E-state index contributed by atoms with van der Waals surface area (Å²) in [6.07, 6.45) is 9.24. The molecule has 0 fully saturated rings. The highest BCUT2D eigenvalue weighted by molar-refractivity contribution is 8.93. The summed E-state index contributed by atoms with van der Waals surface area (Å²) in [5, 5.41) is 0. The van der Waals surface area contributed by atoms with Gasteiger partial charge in [-0.15, -0.1) is 17.0 Å². The molecule has 2 rings (SSSR count). The Morgan fingerprint density at radius 3 is 2.25 bits per heavy atom. The fourth-order valence-electron chi connectivity index (χ4n) is 1.20. The lowest BCUT2D eigenvalue weighted by Gasteiger charge is -1.91. The van der Waals surface area contributed by atoms with E-state index in [1.165, 1.54) is 25.0 Å². The van der Waals surface area contributed by atoms with Crippen molar-refractivity contribution in [2.24, 2.45) is 0 Å². The maximum atomic E-state index is 3.78. The average Bonchev–Trinajstić information content (AvgIpc) is 2.82. The van der Waals surface area contributed by atoms with Gasteiger partial charge in [0.15, 0.2) is 0 Å². The van der Waals surface area contributed by atoms with Gasteiger partial charge in [-0.1, -0.05) is 19.4 Å². The van der Waals surface area contributed by atoms with Crippen LogP contribution in [0.15, 0.2) is 48.9 Å². The molecule has 2 heterocycles. The highest BCUT2D eigenvalue weighted by atomic mass is 79.9. The van der Waals surface area contributed by atoms with Gasteiger partial charge in [-0.3, -0.25) is 4.98 Å². The van der Waals surface area contributed by atoms with Gasteiger partial charge >= 0.3 is 0 Å². The molecule has 0 amide bonds. The molecule has 16 heavy (non-hydrogen) atoms. The van der Waals surface area contributed by atoms with Crippen molar-refractivity contribution in [1.29, 1.82) is 0 Å². The molecule has 0 aliphatic carbocycles. The Balaban J connectivity index is 0.000000283. The summed E-state index contributed by atoms with van der Waals surface area (Å²) < 4.78 is 0. The van der Waals surface area contributed by atoms with Gasteiger partial charge in [0.25, 0.3) is 0 Å². The standard InChI is InChI=1S/C8H13N.C5H5N.BrH/c1-2-3-5-8-6-4-7-9-8;1-2-4-6-5-3-1;/h4,6-7,9H,2-3,5H2,1H3;1-5H;1H. The molecule has 0 aromatic carbocycles. The van der Waals surface area contributed by atoms with E-state index in [2.05, 4.69) is 23.0 Å². The van der Waals surface area contributed by atoms with E-state index in [0.29, 0.717) is 0 Å². The topological polar surface area (TPSA) is 28.7 Å². The molecule has 2 aromatic heterocycles. The molecule has 3 heteroatoms. The van der Waals surface area contributed by atoms with Gasteiger partial charge < -0.3 is 4.98 Å². The molecular formula is C13H19BrN2. The van der Waals surface area contributed by atoms with E-state index < -0.39 is 0 Å². The predicted octanol–water partition coefficient (Wildman–Crippen LogP) is 4.02. The molecule has 0 bridgehead atoms. The van der Waals surface area contributed by atoms with E-state index in [-0.39, 0.29) is 17.0 Å². The summed E-state index contributed by atoms with van der Waals surface area (Å²) in [5.41, 5.74) is 1.36. The fourth-order valence-corrected chi connectivity index (χ4v) is 1.20. The molecule has 1 N–H and O–H groups in total. The summed E-state index contributed by atoms with van der Waals surface area (Å²) in [6.45, 7) is 2.21. The van der Waals surface area contributed by atoms with Crippen molar-refractivity contribution >= 4 is 17.0 Å². The lowest BCUT2D eigenvalue weighted by molar-refractivity contribution is 0.781. The maximum absolute atomic E-state index is 3.78. The van der Waals surface area contributed by atoms with Crippen LogP contribution in [0.4, 0.5) is 0 Å². The smallest absolute Gasteiger partial charge is 0.0267 e. The molecule has 0 saturated carbocycles. The van der Waals surface area contributed by atoms with Crippen molar-refractivity contribution in [1.82, 2.24) is 9.97 Å². The maximum Gasteiger partial charge on any atom is 0.0267 e. The number of halogens is 1. The number of aryl methyl sites for hydroxylation is 1. The molecule has 2 nitrogen and oxygen atoms in total. The summed E-state index contributed by atoms with van der Waals surface area (Å²) >= 11 is 0. The van der Waals surface area contributed by atoms with Crippen molar-refractivity contribution in [3.8, 4) is 0 Å². The first-order chi connectivity index (χ1) is 7.43. The third-order valence-corrected chi connectivity index (χ3v) is 2.03. The minimum Gasteiger partial charge on any atom is -0.365 e. The summed E-state index contributed by atoms with van der Waals surface area (Å²) in [6, 6.07) is 9.90. The quantitative estimate of drug-likeness (QED) is 0.905. The van der Waals surface area contributed by atoms with Crippen LogP contribution in [0.3, 0.4) is 0 Å². The number of hydrogen-bond acceptors (Lipinski definition) is 1. The number of aromatic amines is 1. The van der Waals surface area contributed by atoms with E-state index in [9.17, 15) is 0 Å². The average molecular weight is 283 g/mol. The zero-order valence-corrected chi connectivity index (χ0v) is 11.3. The van der Waals surface area contributed by atoms with Crippen LogP contribution in [0, 0.1) is 0 Å². The normalized spacial score (nSPS) is 8.56. The zero-order chi connectivity index (χ0) is 10.8. The summed E-state index contributed by atoms with van der Waals surface area (Å²) in [7, 11) is 0. The van der Waals surface area contributed by atoms with Crippen LogP contribution in [-0.2, 0) is 6.42 Å². The van der Waals surface area contributed by atoms with E-state index in [4.69, 9.17) is 0 Å². The molecule has 0 aliphatic heterocycles. The molecule has 0 spiro atoms. The Hall–Kier alpha value is -1.09. The van der Waals surface area contributed by atoms with Crippen LogP contribution in [0.5, 0.6) is 0 Å². The van der Waals surface area contributed by atoms with E-state index in [1.54, 1.807) is 12.4 Å². The largest absolute Gasteiger partial charge is 0.365 e. The third-order valence-electron chi connectivity index (χ3n) is 2.03. The molecule has 0 atom stereocenters. The van der Waals surface area contributed by atoms with Crippen LogP contribution in [-0.4, -0.2) is 9.97 Å². The number of aromatic nitrogens is 2. The fraction of sp³-hybridized carbons (Fsp3) is 0.308. The second-order valence-corrected chi connectivity index (χ2v) is 3.32. The molecule has 0 aliphatic rings. The van der Waals surface area contributed by atoms with Gasteiger partial charge in [-0.05, 0) is 37.1 Å². The highest BCUT2D eigenvalue weighted by Gasteiger charge is 1.88. The van der Waals surface area contributed by atoms with Gasteiger partial charge in [0.05, 0.1) is 0 Å². The zero-order valence-electron chi connectivity index (χ0n) is 9.60. The number of hydrogen-bond donors (Lipinski definition) is 1. The van der Waals surface area contributed by atoms with E-state index in [1.807, 2.05) is 30.5 Å².